The van der Waals surface area contributed by atoms with Crippen molar-refractivity contribution in [1.29, 1.82) is 0 Å². The molecule has 1 fully saturated rings. The quantitative estimate of drug-likeness (QED) is 0.162. The Morgan fingerprint density at radius 3 is 2.17 bits per heavy atom. The standard InChI is InChI=1S/C37H39BrClN3O4S/c1-26-12-19-33(22-27(26)2)42(47(45,46)34-20-17-31(39)18-21-34)25-36(43)41(24-29-13-15-30(38)16-14-29)35(23-28-8-4-3-5-9-28)37(44)40-32-10-6-7-11-32/h3-5,8-9,12-22,32,35H,6-7,10-11,23-25H2,1-2H3,(H,40,44)/t35-/m1/s1. The maximum atomic E-state index is 14.7. The van der Waals surface area contributed by atoms with E-state index in [1.807, 2.05) is 74.5 Å². The molecule has 0 aromatic heterocycles. The molecule has 246 valence electrons. The molecule has 2 amide bonds. The molecule has 0 radical (unpaired) electrons. The first-order chi connectivity index (χ1) is 22.5. The minimum absolute atomic E-state index is 0.00667. The fourth-order valence-corrected chi connectivity index (χ4v) is 7.65. The van der Waals surface area contributed by atoms with Gasteiger partial charge in [-0.2, -0.15) is 0 Å². The van der Waals surface area contributed by atoms with E-state index in [9.17, 15) is 18.0 Å². The summed E-state index contributed by atoms with van der Waals surface area (Å²) in [6.45, 7) is 3.45. The molecule has 0 aliphatic heterocycles. The Morgan fingerprint density at radius 1 is 0.872 bits per heavy atom. The van der Waals surface area contributed by atoms with Crippen LogP contribution in [0.5, 0.6) is 0 Å². The number of nitrogens with one attached hydrogen (secondary N) is 1. The lowest BCUT2D eigenvalue weighted by Gasteiger charge is -2.34. The second-order valence-electron chi connectivity index (χ2n) is 12.1. The van der Waals surface area contributed by atoms with Gasteiger partial charge in [0.25, 0.3) is 10.0 Å². The number of anilines is 1. The van der Waals surface area contributed by atoms with E-state index in [0.29, 0.717) is 10.7 Å². The van der Waals surface area contributed by atoms with Crippen LogP contribution >= 0.6 is 27.5 Å². The zero-order valence-corrected chi connectivity index (χ0v) is 29.7. The van der Waals surface area contributed by atoms with Crippen LogP contribution in [0.2, 0.25) is 5.02 Å². The number of carbonyl (C=O) groups is 2. The second kappa shape index (κ2) is 15.5. The molecule has 4 aromatic rings. The van der Waals surface area contributed by atoms with Crippen molar-refractivity contribution in [2.45, 2.75) is 69.5 Å². The third-order valence-electron chi connectivity index (χ3n) is 8.70. The number of aryl methyl sites for hydroxylation is 2. The summed E-state index contributed by atoms with van der Waals surface area (Å²) in [7, 11) is -4.21. The van der Waals surface area contributed by atoms with Crippen LogP contribution in [0.15, 0.2) is 106 Å². The predicted molar refractivity (Wildman–Crippen MR) is 191 cm³/mol. The number of amides is 2. The summed E-state index contributed by atoms with van der Waals surface area (Å²) in [5.41, 5.74) is 3.94. The lowest BCUT2D eigenvalue weighted by Crippen LogP contribution is -2.54. The number of nitrogens with zero attached hydrogens (tertiary/aromatic N) is 2. The van der Waals surface area contributed by atoms with Gasteiger partial charge in [0, 0.05) is 28.5 Å². The van der Waals surface area contributed by atoms with E-state index >= 15 is 0 Å². The monoisotopic (exact) mass is 735 g/mol. The van der Waals surface area contributed by atoms with Crippen LogP contribution in [0.25, 0.3) is 0 Å². The molecular formula is C37H39BrClN3O4S. The topological polar surface area (TPSA) is 86.8 Å². The summed E-state index contributed by atoms with van der Waals surface area (Å²) in [6, 6.07) is 27.5. The highest BCUT2D eigenvalue weighted by atomic mass is 79.9. The van der Waals surface area contributed by atoms with Crippen molar-refractivity contribution in [3.63, 3.8) is 0 Å². The maximum Gasteiger partial charge on any atom is 0.264 e. The van der Waals surface area contributed by atoms with Gasteiger partial charge in [-0.1, -0.05) is 88.9 Å². The molecule has 1 saturated carbocycles. The summed E-state index contributed by atoms with van der Waals surface area (Å²) in [4.78, 5) is 30.3. The number of carbonyl (C=O) groups excluding carboxylic acids is 2. The second-order valence-corrected chi connectivity index (χ2v) is 15.3. The normalized spacial score (nSPS) is 14.0. The lowest BCUT2D eigenvalue weighted by atomic mass is 10.0. The highest BCUT2D eigenvalue weighted by Crippen LogP contribution is 2.28. The van der Waals surface area contributed by atoms with E-state index in [2.05, 4.69) is 21.2 Å². The van der Waals surface area contributed by atoms with E-state index in [0.717, 1.165) is 56.7 Å². The van der Waals surface area contributed by atoms with E-state index in [-0.39, 0.29) is 29.8 Å². The van der Waals surface area contributed by atoms with Gasteiger partial charge in [-0.3, -0.25) is 13.9 Å². The Balaban J connectivity index is 1.57. The average molecular weight is 737 g/mol. The first-order valence-corrected chi connectivity index (χ1v) is 18.4. The zero-order chi connectivity index (χ0) is 33.6. The number of hydrogen-bond acceptors (Lipinski definition) is 4. The number of benzene rings is 4. The number of rotatable bonds is 12. The SMILES string of the molecule is Cc1ccc(N(CC(=O)N(Cc2ccc(Br)cc2)[C@H](Cc2ccccc2)C(=O)NC2CCCC2)S(=O)(=O)c2ccc(Cl)cc2)cc1C. The third-order valence-corrected chi connectivity index (χ3v) is 11.3. The minimum atomic E-state index is -4.21. The molecule has 1 aliphatic carbocycles. The Bertz CT molecular complexity index is 1800. The molecule has 7 nitrogen and oxygen atoms in total. The van der Waals surface area contributed by atoms with Crippen LogP contribution < -0.4 is 9.62 Å². The van der Waals surface area contributed by atoms with Gasteiger partial charge in [0.2, 0.25) is 11.8 Å². The Labute approximate surface area is 291 Å². The Morgan fingerprint density at radius 2 is 1.53 bits per heavy atom. The first kappa shape index (κ1) is 34.7. The van der Waals surface area contributed by atoms with Crippen molar-refractivity contribution in [2.24, 2.45) is 0 Å². The summed E-state index contributed by atoms with van der Waals surface area (Å²) in [5.74, 6) is -0.740. The van der Waals surface area contributed by atoms with Crippen molar-refractivity contribution in [1.82, 2.24) is 10.2 Å². The highest BCUT2D eigenvalue weighted by molar-refractivity contribution is 9.10. The van der Waals surface area contributed by atoms with Crippen molar-refractivity contribution in [3.8, 4) is 0 Å². The summed E-state index contributed by atoms with van der Waals surface area (Å²) >= 11 is 9.57. The molecule has 1 N–H and O–H groups in total. The van der Waals surface area contributed by atoms with Crippen LogP contribution in [0.4, 0.5) is 5.69 Å². The molecule has 1 atom stereocenters. The zero-order valence-electron chi connectivity index (χ0n) is 26.5. The molecule has 0 unspecified atom stereocenters. The van der Waals surface area contributed by atoms with E-state index in [4.69, 9.17) is 11.6 Å². The van der Waals surface area contributed by atoms with Crippen LogP contribution in [0.3, 0.4) is 0 Å². The first-order valence-electron chi connectivity index (χ1n) is 15.7. The fourth-order valence-electron chi connectivity index (χ4n) is 5.85. The molecule has 0 bridgehead atoms. The van der Waals surface area contributed by atoms with Crippen LogP contribution in [0, 0.1) is 13.8 Å². The Hall–Kier alpha value is -3.66. The van der Waals surface area contributed by atoms with Gasteiger partial charge >= 0.3 is 0 Å². The fraction of sp³-hybridized carbons (Fsp3) is 0.297. The van der Waals surface area contributed by atoms with Crippen LogP contribution in [-0.2, 0) is 32.6 Å². The van der Waals surface area contributed by atoms with Gasteiger partial charge in [0.1, 0.15) is 12.6 Å². The van der Waals surface area contributed by atoms with Crippen molar-refractivity contribution >= 4 is 55.1 Å². The van der Waals surface area contributed by atoms with E-state index in [1.165, 1.54) is 29.2 Å². The van der Waals surface area contributed by atoms with Crippen molar-refractivity contribution in [2.75, 3.05) is 10.8 Å². The lowest BCUT2D eigenvalue weighted by molar-refractivity contribution is -0.140. The van der Waals surface area contributed by atoms with Crippen molar-refractivity contribution in [3.05, 3.63) is 129 Å². The number of sulfonamides is 1. The third kappa shape index (κ3) is 8.83. The molecule has 10 heteroatoms. The highest BCUT2D eigenvalue weighted by Gasteiger charge is 2.35. The largest absolute Gasteiger partial charge is 0.352 e. The number of hydrogen-bond donors (Lipinski definition) is 1. The summed E-state index contributed by atoms with van der Waals surface area (Å²) in [5, 5.41) is 3.60. The summed E-state index contributed by atoms with van der Waals surface area (Å²) < 4.78 is 30.5. The van der Waals surface area contributed by atoms with E-state index in [1.54, 1.807) is 12.1 Å². The molecular weight excluding hydrogens is 698 g/mol. The van der Waals surface area contributed by atoms with Gasteiger partial charge in [-0.15, -0.1) is 0 Å². The van der Waals surface area contributed by atoms with Gasteiger partial charge < -0.3 is 10.2 Å². The predicted octanol–water partition coefficient (Wildman–Crippen LogP) is 7.61. The smallest absolute Gasteiger partial charge is 0.264 e. The Kier molecular flexibility index (Phi) is 11.4. The molecule has 0 saturated heterocycles. The molecule has 5 rings (SSSR count). The average Bonchev–Trinajstić information content (AvgIpc) is 3.57. The van der Waals surface area contributed by atoms with Crippen molar-refractivity contribution < 1.29 is 18.0 Å². The van der Waals surface area contributed by atoms with Gasteiger partial charge in [0.15, 0.2) is 0 Å². The molecule has 0 spiro atoms. The number of halogens is 2. The van der Waals surface area contributed by atoms with E-state index < -0.39 is 28.5 Å². The molecule has 1 aliphatic rings. The van der Waals surface area contributed by atoms with Crippen LogP contribution in [0.1, 0.15) is 47.9 Å². The van der Waals surface area contributed by atoms with Gasteiger partial charge in [0.05, 0.1) is 10.6 Å². The molecule has 4 aromatic carbocycles. The minimum Gasteiger partial charge on any atom is -0.352 e. The van der Waals surface area contributed by atoms with Gasteiger partial charge in [-0.05, 0) is 97.5 Å². The summed E-state index contributed by atoms with van der Waals surface area (Å²) in [6.07, 6.45) is 4.15. The van der Waals surface area contributed by atoms with Crippen LogP contribution in [-0.4, -0.2) is 43.8 Å². The molecule has 0 heterocycles. The molecule has 47 heavy (non-hydrogen) atoms. The maximum absolute atomic E-state index is 14.7. The van der Waals surface area contributed by atoms with Gasteiger partial charge in [-0.25, -0.2) is 8.42 Å².